The fraction of sp³-hybridized carbons (Fsp3) is 0.304. The van der Waals surface area contributed by atoms with Crippen molar-refractivity contribution in [2.45, 2.75) is 39.0 Å². The van der Waals surface area contributed by atoms with Gasteiger partial charge in [0.2, 0.25) is 5.91 Å². The van der Waals surface area contributed by atoms with Crippen LogP contribution in [0.4, 0.5) is 10.1 Å². The number of rotatable bonds is 2. The average Bonchev–Trinajstić information content (AvgIpc) is 2.59. The fourth-order valence-corrected chi connectivity index (χ4v) is 4.92. The summed E-state index contributed by atoms with van der Waals surface area (Å²) >= 11 is 12.3. The van der Waals surface area contributed by atoms with Crippen LogP contribution in [-0.4, -0.2) is 11.7 Å². The summed E-state index contributed by atoms with van der Waals surface area (Å²) in [5.41, 5.74) is 1.73. The maximum atomic E-state index is 14.6. The van der Waals surface area contributed by atoms with Crippen molar-refractivity contribution in [3.8, 4) is 0 Å². The minimum absolute atomic E-state index is 0.00999. The Morgan fingerprint density at radius 3 is 2.34 bits per heavy atom. The lowest BCUT2D eigenvalue weighted by atomic mass is 9.69. The lowest BCUT2D eigenvalue weighted by Crippen LogP contribution is -2.43. The molecule has 4 rings (SSSR count). The van der Waals surface area contributed by atoms with Gasteiger partial charge in [0.25, 0.3) is 0 Å². The Hall–Kier alpha value is -2.17. The van der Waals surface area contributed by atoms with Crippen LogP contribution in [-0.2, 0) is 9.59 Å². The molecule has 1 unspecified atom stereocenters. The highest BCUT2D eigenvalue weighted by Gasteiger charge is 2.44. The Morgan fingerprint density at radius 1 is 1.03 bits per heavy atom. The minimum Gasteiger partial charge on any atom is -0.294 e. The van der Waals surface area contributed by atoms with Crippen LogP contribution in [0.1, 0.15) is 44.6 Å². The van der Waals surface area contributed by atoms with Gasteiger partial charge in [0.05, 0.1) is 5.69 Å². The van der Waals surface area contributed by atoms with Crippen molar-refractivity contribution < 1.29 is 14.0 Å². The second kappa shape index (κ2) is 7.26. The van der Waals surface area contributed by atoms with E-state index in [0.717, 1.165) is 0 Å². The first-order chi connectivity index (χ1) is 13.7. The Labute approximate surface area is 179 Å². The molecule has 6 heteroatoms. The third-order valence-electron chi connectivity index (χ3n) is 5.53. The third-order valence-corrected chi connectivity index (χ3v) is 5.97. The molecule has 150 valence electrons. The van der Waals surface area contributed by atoms with Gasteiger partial charge in [-0.25, -0.2) is 4.39 Å². The molecule has 1 heterocycles. The molecule has 3 nitrogen and oxygen atoms in total. The lowest BCUT2D eigenvalue weighted by Gasteiger charge is -2.43. The van der Waals surface area contributed by atoms with Gasteiger partial charge >= 0.3 is 0 Å². The van der Waals surface area contributed by atoms with Crippen LogP contribution in [0.25, 0.3) is 0 Å². The number of carbonyl (C=O) groups is 2. The summed E-state index contributed by atoms with van der Waals surface area (Å²) in [6.45, 7) is 3.99. The van der Waals surface area contributed by atoms with E-state index in [-0.39, 0.29) is 23.5 Å². The van der Waals surface area contributed by atoms with E-state index in [1.165, 1.54) is 6.07 Å². The average molecular weight is 432 g/mol. The molecule has 2 aromatic carbocycles. The van der Waals surface area contributed by atoms with Crippen molar-refractivity contribution >= 4 is 40.6 Å². The molecule has 0 saturated carbocycles. The summed E-state index contributed by atoms with van der Waals surface area (Å²) < 4.78 is 14.6. The molecule has 0 spiro atoms. The predicted octanol–water partition coefficient (Wildman–Crippen LogP) is 6.30. The molecule has 0 N–H and O–H groups in total. The molecular weight excluding hydrogens is 412 g/mol. The monoisotopic (exact) mass is 431 g/mol. The van der Waals surface area contributed by atoms with Gasteiger partial charge in [-0.1, -0.05) is 55.2 Å². The van der Waals surface area contributed by atoms with Crippen molar-refractivity contribution in [1.82, 2.24) is 0 Å². The number of amides is 1. The van der Waals surface area contributed by atoms with Crippen LogP contribution in [0.3, 0.4) is 0 Å². The fourth-order valence-electron chi connectivity index (χ4n) is 4.41. The van der Waals surface area contributed by atoms with Crippen molar-refractivity contribution in [2.24, 2.45) is 5.41 Å². The molecule has 0 fully saturated rings. The number of hydrogen-bond donors (Lipinski definition) is 0. The quantitative estimate of drug-likeness (QED) is 0.559. The number of anilines is 1. The zero-order valence-electron chi connectivity index (χ0n) is 16.1. The van der Waals surface area contributed by atoms with Crippen LogP contribution in [0.15, 0.2) is 53.7 Å². The summed E-state index contributed by atoms with van der Waals surface area (Å²) in [5, 5.41) is 0.806. The van der Waals surface area contributed by atoms with Gasteiger partial charge in [-0.3, -0.25) is 14.5 Å². The van der Waals surface area contributed by atoms with Crippen LogP contribution >= 0.6 is 23.2 Å². The molecule has 0 radical (unpaired) electrons. The number of hydrogen-bond acceptors (Lipinski definition) is 2. The number of Topliss-reactive ketones (excluding diaryl/α,β-unsaturated/α-hetero) is 1. The molecule has 1 aliphatic carbocycles. The second-order valence-electron chi connectivity index (χ2n) is 8.44. The molecular formula is C23H20Cl2FNO2. The third kappa shape index (κ3) is 3.72. The summed E-state index contributed by atoms with van der Waals surface area (Å²) in [5.74, 6) is -1.25. The largest absolute Gasteiger partial charge is 0.294 e. The highest BCUT2D eigenvalue weighted by Crippen LogP contribution is 2.48. The summed E-state index contributed by atoms with van der Waals surface area (Å²) in [7, 11) is 0. The molecule has 1 amide bonds. The predicted molar refractivity (Wildman–Crippen MR) is 113 cm³/mol. The number of nitrogens with zero attached hydrogens (tertiary/aromatic N) is 1. The zero-order valence-corrected chi connectivity index (χ0v) is 17.6. The van der Waals surface area contributed by atoms with Gasteiger partial charge in [0, 0.05) is 40.1 Å². The number of ketones is 1. The molecule has 29 heavy (non-hydrogen) atoms. The van der Waals surface area contributed by atoms with Gasteiger partial charge in [0.15, 0.2) is 5.78 Å². The van der Waals surface area contributed by atoms with Gasteiger partial charge in [-0.05, 0) is 41.7 Å². The van der Waals surface area contributed by atoms with Gasteiger partial charge in [-0.2, -0.15) is 0 Å². The maximum absolute atomic E-state index is 14.6. The Kier molecular flexibility index (Phi) is 5.04. The van der Waals surface area contributed by atoms with E-state index in [0.29, 0.717) is 45.4 Å². The van der Waals surface area contributed by atoms with Crippen molar-refractivity contribution in [2.75, 3.05) is 4.90 Å². The standard InChI is InChI=1S/C23H20Cl2FNO2/c1-23(2)11-19-22(20(28)12-23)17(16-5-3-4-6-18(16)26)10-21(29)27(19)15-8-13(24)7-14(25)9-15/h3-9,17H,10-12H2,1-2H3. The first-order valence-corrected chi connectivity index (χ1v) is 10.2. The molecule has 1 atom stereocenters. The van der Waals surface area contributed by atoms with E-state index in [1.54, 1.807) is 41.3 Å². The summed E-state index contributed by atoms with van der Waals surface area (Å²) in [6.07, 6.45) is 0.889. The number of carbonyl (C=O) groups excluding carboxylic acids is 2. The normalized spacial score (nSPS) is 21.4. The molecule has 1 aliphatic heterocycles. The van der Waals surface area contributed by atoms with E-state index in [1.807, 2.05) is 13.8 Å². The first kappa shape index (κ1) is 20.1. The Bertz CT molecular complexity index is 1040. The van der Waals surface area contributed by atoms with E-state index in [4.69, 9.17) is 23.2 Å². The Balaban J connectivity index is 1.94. The highest BCUT2D eigenvalue weighted by atomic mass is 35.5. The first-order valence-electron chi connectivity index (χ1n) is 9.46. The topological polar surface area (TPSA) is 37.4 Å². The number of halogens is 3. The van der Waals surface area contributed by atoms with Crippen molar-refractivity contribution in [3.05, 3.63) is 75.2 Å². The van der Waals surface area contributed by atoms with Gasteiger partial charge < -0.3 is 0 Å². The number of allylic oxidation sites excluding steroid dienone is 2. The second-order valence-corrected chi connectivity index (χ2v) is 9.31. The molecule has 0 saturated heterocycles. The van der Waals surface area contributed by atoms with Crippen LogP contribution in [0, 0.1) is 11.2 Å². The molecule has 0 bridgehead atoms. The minimum atomic E-state index is -0.590. The van der Waals surface area contributed by atoms with Crippen molar-refractivity contribution in [1.29, 1.82) is 0 Å². The Morgan fingerprint density at radius 2 is 1.69 bits per heavy atom. The van der Waals surface area contributed by atoms with Crippen molar-refractivity contribution in [3.63, 3.8) is 0 Å². The number of benzene rings is 2. The van der Waals surface area contributed by atoms with E-state index in [2.05, 4.69) is 0 Å². The van der Waals surface area contributed by atoms with E-state index < -0.39 is 11.7 Å². The summed E-state index contributed by atoms with van der Waals surface area (Å²) in [6, 6.07) is 11.2. The SMILES string of the molecule is CC1(C)CC(=O)C2=C(C1)N(c1cc(Cl)cc(Cl)c1)C(=O)CC2c1ccccc1F. The molecule has 0 aromatic heterocycles. The van der Waals surface area contributed by atoms with Crippen LogP contribution in [0.5, 0.6) is 0 Å². The van der Waals surface area contributed by atoms with Gasteiger partial charge in [0.1, 0.15) is 5.82 Å². The smallest absolute Gasteiger partial charge is 0.232 e. The van der Waals surface area contributed by atoms with Gasteiger partial charge in [-0.15, -0.1) is 0 Å². The van der Waals surface area contributed by atoms with E-state index >= 15 is 0 Å². The maximum Gasteiger partial charge on any atom is 0.232 e. The van der Waals surface area contributed by atoms with E-state index in [9.17, 15) is 14.0 Å². The molecule has 2 aliphatic rings. The lowest BCUT2D eigenvalue weighted by molar-refractivity contribution is -0.121. The highest BCUT2D eigenvalue weighted by molar-refractivity contribution is 6.35. The molecule has 2 aromatic rings. The van der Waals surface area contributed by atoms with Crippen LogP contribution in [0.2, 0.25) is 10.0 Å². The van der Waals surface area contributed by atoms with Crippen LogP contribution < -0.4 is 4.90 Å². The zero-order chi connectivity index (χ0) is 20.9. The summed E-state index contributed by atoms with van der Waals surface area (Å²) in [4.78, 5) is 28.0.